The molecule has 4 atom stereocenters. The minimum Gasteiger partial charge on any atom is -0.498 e. The lowest BCUT2D eigenvalue weighted by Crippen LogP contribution is -2.56. The maximum absolute atomic E-state index is 13.9. The topological polar surface area (TPSA) is 62.3 Å². The molecule has 2 aromatic carbocycles. The smallest absolute Gasteiger partial charge is 0.263 e. The number of nitrogens with zero attached hydrogens (tertiary/aromatic N) is 3. The molecule has 0 aromatic heterocycles. The summed E-state index contributed by atoms with van der Waals surface area (Å²) >= 11 is 0. The van der Waals surface area contributed by atoms with Gasteiger partial charge in [-0.1, -0.05) is 42.5 Å². The number of amides is 2. The minimum absolute atomic E-state index is 0.111. The number of imide groups is 1. The molecule has 2 aliphatic heterocycles. The fourth-order valence-electron chi connectivity index (χ4n) is 6.90. The summed E-state index contributed by atoms with van der Waals surface area (Å²) in [4.78, 5) is 33.7. The average Bonchev–Trinajstić information content (AvgIpc) is 3.66. The summed E-state index contributed by atoms with van der Waals surface area (Å²) < 4.78 is 11.5. The summed E-state index contributed by atoms with van der Waals surface area (Å²) in [5.41, 5.74) is 3.79. The van der Waals surface area contributed by atoms with E-state index >= 15 is 0 Å². The predicted molar refractivity (Wildman–Crippen MR) is 151 cm³/mol. The molecular weight excluding hydrogens is 490 g/mol. The second-order valence-electron chi connectivity index (χ2n) is 11.3. The van der Waals surface area contributed by atoms with Crippen LogP contribution in [0.15, 0.2) is 72.0 Å². The Hall–Kier alpha value is -3.42. The summed E-state index contributed by atoms with van der Waals surface area (Å²) in [6.07, 6.45) is 5.65. The van der Waals surface area contributed by atoms with Crippen molar-refractivity contribution in [2.45, 2.75) is 50.9 Å². The quantitative estimate of drug-likeness (QED) is 0.386. The molecule has 0 radical (unpaired) electrons. The van der Waals surface area contributed by atoms with E-state index < -0.39 is 5.60 Å². The fourth-order valence-corrected chi connectivity index (χ4v) is 6.90. The highest BCUT2D eigenvalue weighted by Crippen LogP contribution is 2.57. The monoisotopic (exact) mass is 527 g/mol. The first kappa shape index (κ1) is 25.8. The number of rotatable bonds is 7. The number of carbonyl (C=O) groups excluding carboxylic acids is 2. The second-order valence-corrected chi connectivity index (χ2v) is 11.3. The van der Waals surface area contributed by atoms with Crippen LogP contribution in [0.3, 0.4) is 0 Å². The van der Waals surface area contributed by atoms with E-state index in [0.717, 1.165) is 43.1 Å². The molecule has 2 aliphatic carbocycles. The van der Waals surface area contributed by atoms with Crippen LogP contribution in [0.4, 0.5) is 5.69 Å². The number of carbonyl (C=O) groups is 2. The molecule has 7 nitrogen and oxygen atoms in total. The van der Waals surface area contributed by atoms with Crippen molar-refractivity contribution in [1.29, 1.82) is 0 Å². The highest BCUT2D eigenvalue weighted by Gasteiger charge is 2.61. The van der Waals surface area contributed by atoms with Gasteiger partial charge in [-0.05, 0) is 56.0 Å². The Morgan fingerprint density at radius 1 is 0.897 bits per heavy atom. The highest BCUT2D eigenvalue weighted by atomic mass is 16.5. The van der Waals surface area contributed by atoms with Crippen LogP contribution >= 0.6 is 0 Å². The molecule has 2 amide bonds. The van der Waals surface area contributed by atoms with Gasteiger partial charge in [-0.3, -0.25) is 19.4 Å². The van der Waals surface area contributed by atoms with Crippen LogP contribution in [0, 0.1) is 5.92 Å². The van der Waals surface area contributed by atoms with Crippen LogP contribution in [-0.4, -0.2) is 73.2 Å². The number of hydrogen-bond acceptors (Lipinski definition) is 6. The first-order chi connectivity index (χ1) is 18.9. The van der Waals surface area contributed by atoms with E-state index in [2.05, 4.69) is 54.0 Å². The van der Waals surface area contributed by atoms with Gasteiger partial charge in [0, 0.05) is 44.7 Å². The van der Waals surface area contributed by atoms with Crippen molar-refractivity contribution < 1.29 is 19.1 Å². The van der Waals surface area contributed by atoms with Crippen molar-refractivity contribution in [2.24, 2.45) is 5.92 Å². The van der Waals surface area contributed by atoms with Crippen molar-refractivity contribution in [3.05, 3.63) is 88.7 Å². The van der Waals surface area contributed by atoms with Gasteiger partial charge in [0.1, 0.15) is 11.4 Å². The van der Waals surface area contributed by atoms with Crippen molar-refractivity contribution >= 4 is 17.5 Å². The predicted octanol–water partition coefficient (Wildman–Crippen LogP) is 4.65. The SMILES string of the molecule is COC1=CCC=C(CN2C(=O)c3cccc(N4C[C@@H](C)N(Cc5ccccc5)[C@@H](C)C4)c3C2=O)C2CC12OC. The number of ether oxygens (including phenoxy) is 2. The lowest BCUT2D eigenvalue weighted by atomic mass is 10.0. The molecule has 0 N–H and O–H groups in total. The van der Waals surface area contributed by atoms with E-state index in [-0.39, 0.29) is 24.3 Å². The Kier molecular flexibility index (Phi) is 6.60. The van der Waals surface area contributed by atoms with Gasteiger partial charge in [-0.2, -0.15) is 0 Å². The molecule has 0 spiro atoms. The number of benzene rings is 2. The van der Waals surface area contributed by atoms with Gasteiger partial charge in [-0.25, -0.2) is 0 Å². The van der Waals surface area contributed by atoms with Crippen LogP contribution in [0.2, 0.25) is 0 Å². The van der Waals surface area contributed by atoms with Crippen LogP contribution in [0.1, 0.15) is 53.0 Å². The first-order valence-electron chi connectivity index (χ1n) is 13.9. The Morgan fingerprint density at radius 2 is 1.64 bits per heavy atom. The number of fused-ring (bicyclic) bond motifs is 2. The maximum Gasteiger partial charge on any atom is 0.263 e. The van der Waals surface area contributed by atoms with E-state index in [1.54, 1.807) is 20.3 Å². The van der Waals surface area contributed by atoms with Crippen molar-refractivity contribution in [2.75, 3.05) is 38.8 Å². The van der Waals surface area contributed by atoms with Gasteiger partial charge < -0.3 is 14.4 Å². The zero-order valence-electron chi connectivity index (χ0n) is 23.2. The van der Waals surface area contributed by atoms with Crippen molar-refractivity contribution in [3.63, 3.8) is 0 Å². The third kappa shape index (κ3) is 4.28. The molecule has 6 rings (SSSR count). The van der Waals surface area contributed by atoms with Gasteiger partial charge in [0.15, 0.2) is 0 Å². The normalized spacial score (nSPS) is 28.5. The number of methoxy groups -OCH3 is 2. The van der Waals surface area contributed by atoms with E-state index in [4.69, 9.17) is 9.47 Å². The molecule has 2 fully saturated rings. The summed E-state index contributed by atoms with van der Waals surface area (Å²) in [6.45, 7) is 7.26. The number of anilines is 1. The molecule has 2 unspecified atom stereocenters. The van der Waals surface area contributed by atoms with E-state index in [9.17, 15) is 9.59 Å². The zero-order chi connectivity index (χ0) is 27.3. The van der Waals surface area contributed by atoms with Crippen molar-refractivity contribution in [3.8, 4) is 0 Å². The van der Waals surface area contributed by atoms with E-state index in [1.165, 1.54) is 10.5 Å². The lowest BCUT2D eigenvalue weighted by molar-refractivity contribution is 0.0492. The molecule has 2 aromatic rings. The van der Waals surface area contributed by atoms with Crippen LogP contribution in [-0.2, 0) is 16.0 Å². The zero-order valence-corrected chi connectivity index (χ0v) is 23.2. The van der Waals surface area contributed by atoms with Crippen molar-refractivity contribution in [1.82, 2.24) is 9.80 Å². The molecule has 204 valence electrons. The molecule has 7 heteroatoms. The number of allylic oxidation sites excluding steroid dienone is 2. The summed E-state index contributed by atoms with van der Waals surface area (Å²) in [5.74, 6) is 0.528. The molecule has 39 heavy (non-hydrogen) atoms. The second kappa shape index (κ2) is 9.96. The Labute approximate surface area is 230 Å². The molecular formula is C32H37N3O4. The molecule has 0 bridgehead atoms. The van der Waals surface area contributed by atoms with Crippen LogP contribution in [0.5, 0.6) is 0 Å². The highest BCUT2D eigenvalue weighted by molar-refractivity contribution is 6.24. The molecule has 2 heterocycles. The molecule has 1 saturated heterocycles. The Bertz CT molecular complexity index is 1340. The van der Waals surface area contributed by atoms with E-state index in [0.29, 0.717) is 29.6 Å². The van der Waals surface area contributed by atoms with Gasteiger partial charge >= 0.3 is 0 Å². The Balaban J connectivity index is 1.21. The third-order valence-corrected chi connectivity index (χ3v) is 9.01. The summed E-state index contributed by atoms with van der Waals surface area (Å²) in [5, 5.41) is 0. The summed E-state index contributed by atoms with van der Waals surface area (Å²) in [7, 11) is 3.37. The van der Waals surface area contributed by atoms with Gasteiger partial charge in [0.25, 0.3) is 11.8 Å². The van der Waals surface area contributed by atoms with Gasteiger partial charge in [-0.15, -0.1) is 0 Å². The maximum atomic E-state index is 13.9. The average molecular weight is 528 g/mol. The number of piperazine rings is 1. The molecule has 1 saturated carbocycles. The first-order valence-corrected chi connectivity index (χ1v) is 13.9. The van der Waals surface area contributed by atoms with E-state index in [1.807, 2.05) is 24.3 Å². The molecule has 4 aliphatic rings. The van der Waals surface area contributed by atoms with Gasteiger partial charge in [0.05, 0.1) is 30.5 Å². The third-order valence-electron chi connectivity index (χ3n) is 9.01. The number of hydrogen-bond donors (Lipinski definition) is 0. The lowest BCUT2D eigenvalue weighted by Gasteiger charge is -2.45. The fraction of sp³-hybridized carbons (Fsp3) is 0.438. The standard InChI is InChI=1S/C32H37N3O4/c1-21-17-33(18-22(2)34(21)19-23-10-6-5-7-11-23)27-14-9-13-25-29(27)31(37)35(30(25)36)20-24-12-8-15-28(38-3)32(39-4)16-26(24)32/h5-7,9-15,21-22,26H,8,16-20H2,1-4H3/t21-,22+,26?,32?. The minimum atomic E-state index is -0.480. The van der Waals surface area contributed by atoms with Crippen LogP contribution < -0.4 is 4.90 Å². The Morgan fingerprint density at radius 3 is 2.33 bits per heavy atom. The van der Waals surface area contributed by atoms with Gasteiger partial charge in [0.2, 0.25) is 0 Å². The van der Waals surface area contributed by atoms with Crippen LogP contribution in [0.25, 0.3) is 0 Å². The largest absolute Gasteiger partial charge is 0.498 e. The summed E-state index contributed by atoms with van der Waals surface area (Å²) in [6, 6.07) is 16.8.